The van der Waals surface area contributed by atoms with Crippen molar-refractivity contribution in [3.05, 3.63) is 200 Å². The first-order valence-corrected chi connectivity index (χ1v) is 19.3. The van der Waals surface area contributed by atoms with Gasteiger partial charge in [0, 0.05) is 42.4 Å². The van der Waals surface area contributed by atoms with Crippen LogP contribution in [0.4, 0.5) is 0 Å². The predicted octanol–water partition coefficient (Wildman–Crippen LogP) is 13.9. The van der Waals surface area contributed by atoms with Crippen molar-refractivity contribution < 1.29 is 0 Å². The molecule has 0 bridgehead atoms. The van der Waals surface area contributed by atoms with Crippen molar-refractivity contribution in [1.82, 2.24) is 15.0 Å². The minimum Gasteiger partial charge on any atom is -0.208 e. The van der Waals surface area contributed by atoms with Crippen LogP contribution in [0.15, 0.2) is 200 Å². The maximum Gasteiger partial charge on any atom is 0.164 e. The SMILES string of the molecule is c1ccc(-c2cc(-c3ccccc3)c3c(c2)sc2c(-c4cccc(-c5nc(-c6ccccc6)nc(-c6ccccc6)n5)c4)cc(-c4ccccc4)cc23)cc1. The summed E-state index contributed by atoms with van der Waals surface area (Å²) in [5.41, 5.74) is 12.3. The molecule has 0 aliphatic rings. The topological polar surface area (TPSA) is 38.7 Å². The highest BCUT2D eigenvalue weighted by Crippen LogP contribution is 2.47. The van der Waals surface area contributed by atoms with E-state index in [0.717, 1.165) is 22.3 Å². The number of benzene rings is 8. The molecular formula is C51H33N3S. The second-order valence-electron chi connectivity index (χ2n) is 13.6. The first-order chi connectivity index (χ1) is 27.2. The van der Waals surface area contributed by atoms with E-state index in [0.29, 0.717) is 17.5 Å². The van der Waals surface area contributed by atoms with E-state index in [-0.39, 0.29) is 0 Å². The molecule has 0 aliphatic carbocycles. The minimum atomic E-state index is 0.639. The molecule has 0 saturated carbocycles. The van der Waals surface area contributed by atoms with Gasteiger partial charge in [-0.05, 0) is 69.3 Å². The Morgan fingerprint density at radius 2 is 0.709 bits per heavy atom. The number of nitrogens with zero attached hydrogens (tertiary/aromatic N) is 3. The van der Waals surface area contributed by atoms with Gasteiger partial charge in [-0.25, -0.2) is 15.0 Å². The van der Waals surface area contributed by atoms with Crippen LogP contribution in [0.1, 0.15) is 0 Å². The molecule has 0 radical (unpaired) electrons. The van der Waals surface area contributed by atoms with E-state index in [1.807, 2.05) is 72.0 Å². The van der Waals surface area contributed by atoms with E-state index in [4.69, 9.17) is 15.0 Å². The van der Waals surface area contributed by atoms with Gasteiger partial charge in [0.05, 0.1) is 0 Å². The van der Waals surface area contributed by atoms with E-state index in [1.54, 1.807) is 0 Å². The van der Waals surface area contributed by atoms with Crippen LogP contribution in [0.3, 0.4) is 0 Å². The zero-order valence-corrected chi connectivity index (χ0v) is 30.6. The largest absolute Gasteiger partial charge is 0.208 e. The second-order valence-corrected chi connectivity index (χ2v) is 14.7. The Morgan fingerprint density at radius 3 is 1.25 bits per heavy atom. The number of hydrogen-bond acceptors (Lipinski definition) is 4. The first kappa shape index (κ1) is 32.6. The van der Waals surface area contributed by atoms with Crippen LogP contribution in [0, 0.1) is 0 Å². The Kier molecular flexibility index (Phi) is 8.36. The smallest absolute Gasteiger partial charge is 0.164 e. The molecule has 258 valence electrons. The predicted molar refractivity (Wildman–Crippen MR) is 231 cm³/mol. The van der Waals surface area contributed by atoms with Gasteiger partial charge in [0.25, 0.3) is 0 Å². The van der Waals surface area contributed by atoms with Crippen LogP contribution >= 0.6 is 11.3 Å². The van der Waals surface area contributed by atoms with Crippen molar-refractivity contribution in [2.75, 3.05) is 0 Å². The van der Waals surface area contributed by atoms with Crippen LogP contribution in [0.25, 0.3) is 98.8 Å². The summed E-state index contributed by atoms with van der Waals surface area (Å²) < 4.78 is 2.51. The highest BCUT2D eigenvalue weighted by atomic mass is 32.1. The van der Waals surface area contributed by atoms with Crippen molar-refractivity contribution in [1.29, 1.82) is 0 Å². The van der Waals surface area contributed by atoms with Gasteiger partial charge in [0.15, 0.2) is 17.5 Å². The molecule has 8 aromatic carbocycles. The van der Waals surface area contributed by atoms with Crippen LogP contribution in [0.5, 0.6) is 0 Å². The van der Waals surface area contributed by atoms with Crippen molar-refractivity contribution in [2.24, 2.45) is 0 Å². The normalized spacial score (nSPS) is 11.3. The number of hydrogen-bond donors (Lipinski definition) is 0. The summed E-state index contributed by atoms with van der Waals surface area (Å²) in [7, 11) is 0. The number of aromatic nitrogens is 3. The lowest BCUT2D eigenvalue weighted by molar-refractivity contribution is 1.07. The Bertz CT molecular complexity index is 2890. The van der Waals surface area contributed by atoms with Gasteiger partial charge >= 0.3 is 0 Å². The third-order valence-electron chi connectivity index (χ3n) is 10.1. The lowest BCUT2D eigenvalue weighted by Gasteiger charge is -2.12. The van der Waals surface area contributed by atoms with E-state index < -0.39 is 0 Å². The lowest BCUT2D eigenvalue weighted by Crippen LogP contribution is -2.00. The summed E-state index contributed by atoms with van der Waals surface area (Å²) in [6, 6.07) is 70.6. The monoisotopic (exact) mass is 719 g/mol. The number of thiophene rings is 1. The summed E-state index contributed by atoms with van der Waals surface area (Å²) in [5.74, 6) is 1.94. The third kappa shape index (κ3) is 6.29. The van der Waals surface area contributed by atoms with E-state index >= 15 is 0 Å². The summed E-state index contributed by atoms with van der Waals surface area (Å²) in [5, 5.41) is 2.52. The molecule has 0 fully saturated rings. The molecule has 0 N–H and O–H groups in total. The van der Waals surface area contributed by atoms with Crippen LogP contribution in [-0.2, 0) is 0 Å². The number of rotatable bonds is 7. The Balaban J connectivity index is 1.22. The fraction of sp³-hybridized carbons (Fsp3) is 0. The van der Waals surface area contributed by atoms with Gasteiger partial charge in [-0.3, -0.25) is 0 Å². The van der Waals surface area contributed by atoms with Crippen molar-refractivity contribution >= 4 is 31.5 Å². The maximum atomic E-state index is 5.06. The standard InChI is InChI=1S/C51H33N3S/c1-6-17-34(18-7-1)41-31-44(48-45(32-41)47-43(36-21-10-3-11-22-36)30-42(33-46(47)55-48)35-19-8-2-9-20-35)39-27-16-28-40(29-39)51-53-49(37-23-12-4-13-24-37)52-50(54-51)38-25-14-5-15-26-38/h1-33H. The van der Waals surface area contributed by atoms with Gasteiger partial charge in [0.1, 0.15) is 0 Å². The highest BCUT2D eigenvalue weighted by molar-refractivity contribution is 7.26. The number of fused-ring (bicyclic) bond motifs is 3. The minimum absolute atomic E-state index is 0.639. The quantitative estimate of drug-likeness (QED) is 0.165. The molecule has 3 nitrogen and oxygen atoms in total. The molecule has 0 aliphatic heterocycles. The average Bonchev–Trinajstić information content (AvgIpc) is 3.66. The van der Waals surface area contributed by atoms with Crippen LogP contribution < -0.4 is 0 Å². The molecule has 0 unspecified atom stereocenters. The van der Waals surface area contributed by atoms with E-state index in [9.17, 15) is 0 Å². The summed E-state index contributed by atoms with van der Waals surface area (Å²) in [6.07, 6.45) is 0. The van der Waals surface area contributed by atoms with Crippen molar-refractivity contribution in [3.8, 4) is 78.7 Å². The zero-order valence-electron chi connectivity index (χ0n) is 29.8. The highest BCUT2D eigenvalue weighted by Gasteiger charge is 2.19. The van der Waals surface area contributed by atoms with Gasteiger partial charge in [-0.1, -0.05) is 170 Å². The molecule has 0 spiro atoms. The lowest BCUT2D eigenvalue weighted by atomic mass is 9.91. The molecule has 10 rings (SSSR count). The zero-order chi connectivity index (χ0) is 36.6. The molecule has 2 aromatic heterocycles. The summed E-state index contributed by atoms with van der Waals surface area (Å²) >= 11 is 1.86. The van der Waals surface area contributed by atoms with Crippen LogP contribution in [-0.4, -0.2) is 15.0 Å². The molecule has 0 saturated heterocycles. The molecule has 0 amide bonds. The van der Waals surface area contributed by atoms with Crippen molar-refractivity contribution in [2.45, 2.75) is 0 Å². The Morgan fingerprint density at radius 1 is 0.291 bits per heavy atom. The first-order valence-electron chi connectivity index (χ1n) is 18.4. The molecule has 4 heteroatoms. The molecular weight excluding hydrogens is 687 g/mol. The molecule has 2 heterocycles. The third-order valence-corrected chi connectivity index (χ3v) is 11.3. The fourth-order valence-corrected chi connectivity index (χ4v) is 8.71. The van der Waals surface area contributed by atoms with Gasteiger partial charge in [-0.2, -0.15) is 0 Å². The Labute approximate surface area is 323 Å². The van der Waals surface area contributed by atoms with Gasteiger partial charge < -0.3 is 0 Å². The second kappa shape index (κ2) is 14.1. The van der Waals surface area contributed by atoms with Crippen molar-refractivity contribution in [3.63, 3.8) is 0 Å². The van der Waals surface area contributed by atoms with Gasteiger partial charge in [-0.15, -0.1) is 11.3 Å². The fourth-order valence-electron chi connectivity index (χ4n) is 7.43. The maximum absolute atomic E-state index is 5.06. The Hall–Kier alpha value is -7.01. The summed E-state index contributed by atoms with van der Waals surface area (Å²) in [6.45, 7) is 0. The summed E-state index contributed by atoms with van der Waals surface area (Å²) in [4.78, 5) is 15.1. The average molecular weight is 720 g/mol. The molecule has 10 aromatic rings. The van der Waals surface area contributed by atoms with E-state index in [2.05, 4.69) is 140 Å². The molecule has 0 atom stereocenters. The van der Waals surface area contributed by atoms with E-state index in [1.165, 1.54) is 59.1 Å². The van der Waals surface area contributed by atoms with Crippen LogP contribution in [0.2, 0.25) is 0 Å². The molecule has 55 heavy (non-hydrogen) atoms. The van der Waals surface area contributed by atoms with Gasteiger partial charge in [0.2, 0.25) is 0 Å².